The van der Waals surface area contributed by atoms with Crippen molar-refractivity contribution in [2.24, 2.45) is 11.5 Å². The molecule has 0 saturated carbocycles. The molecule has 5 heteroatoms. The van der Waals surface area contributed by atoms with Crippen LogP contribution in [0.1, 0.15) is 5.56 Å². The van der Waals surface area contributed by atoms with E-state index in [2.05, 4.69) is 5.32 Å². The third kappa shape index (κ3) is 4.10. The Bertz CT molecular complexity index is 365. The fraction of sp³-hybridized carbons (Fsp3) is 0.273. The van der Waals surface area contributed by atoms with Gasteiger partial charge >= 0.3 is 0 Å². The molecule has 5 nitrogen and oxygen atoms in total. The molecule has 86 valence electrons. The van der Waals surface area contributed by atoms with E-state index in [1.807, 2.05) is 30.3 Å². The van der Waals surface area contributed by atoms with Crippen LogP contribution in [-0.2, 0) is 16.0 Å². The van der Waals surface area contributed by atoms with Gasteiger partial charge in [-0.05, 0) is 12.0 Å². The van der Waals surface area contributed by atoms with E-state index >= 15 is 0 Å². The van der Waals surface area contributed by atoms with Gasteiger partial charge in [-0.2, -0.15) is 0 Å². The van der Waals surface area contributed by atoms with Gasteiger partial charge in [-0.15, -0.1) is 0 Å². The quantitative estimate of drug-likeness (QED) is 0.604. The normalized spacial score (nSPS) is 11.8. The number of primary amides is 1. The van der Waals surface area contributed by atoms with Crippen LogP contribution in [0.25, 0.3) is 0 Å². The molecule has 0 aliphatic rings. The van der Waals surface area contributed by atoms with E-state index in [1.54, 1.807) is 0 Å². The molecule has 1 aromatic carbocycles. The number of nitrogens with two attached hydrogens (primary N) is 2. The van der Waals surface area contributed by atoms with Gasteiger partial charge in [0, 0.05) is 0 Å². The number of benzene rings is 1. The van der Waals surface area contributed by atoms with Gasteiger partial charge in [-0.3, -0.25) is 9.59 Å². The summed E-state index contributed by atoms with van der Waals surface area (Å²) in [6.07, 6.45) is 0.436. The Kier molecular flexibility index (Phi) is 4.47. The van der Waals surface area contributed by atoms with Crippen molar-refractivity contribution in [3.63, 3.8) is 0 Å². The second kappa shape index (κ2) is 5.87. The Labute approximate surface area is 93.8 Å². The summed E-state index contributed by atoms with van der Waals surface area (Å²) in [5.41, 5.74) is 11.5. The van der Waals surface area contributed by atoms with Crippen LogP contribution < -0.4 is 16.8 Å². The zero-order chi connectivity index (χ0) is 12.0. The zero-order valence-corrected chi connectivity index (χ0v) is 8.85. The van der Waals surface area contributed by atoms with E-state index in [-0.39, 0.29) is 12.5 Å². The lowest BCUT2D eigenvalue weighted by Crippen LogP contribution is -2.44. The maximum absolute atomic E-state index is 11.4. The Morgan fingerprint density at radius 1 is 1.25 bits per heavy atom. The van der Waals surface area contributed by atoms with Gasteiger partial charge in [-0.1, -0.05) is 30.3 Å². The topological polar surface area (TPSA) is 98.2 Å². The maximum atomic E-state index is 11.4. The largest absolute Gasteiger partial charge is 0.368 e. The zero-order valence-electron chi connectivity index (χ0n) is 8.85. The van der Waals surface area contributed by atoms with Crippen LogP contribution in [0.5, 0.6) is 0 Å². The summed E-state index contributed by atoms with van der Waals surface area (Å²) < 4.78 is 0. The Morgan fingerprint density at radius 3 is 2.44 bits per heavy atom. The van der Waals surface area contributed by atoms with Crippen LogP contribution in [0.3, 0.4) is 0 Å². The molecule has 1 atom stereocenters. The van der Waals surface area contributed by atoms with E-state index in [0.29, 0.717) is 6.42 Å². The molecule has 0 unspecified atom stereocenters. The molecule has 0 radical (unpaired) electrons. The highest BCUT2D eigenvalue weighted by atomic mass is 16.2. The SMILES string of the molecule is NC(=O)CNC(=O)[C@@H](N)Cc1ccccc1. The fourth-order valence-corrected chi connectivity index (χ4v) is 1.27. The summed E-state index contributed by atoms with van der Waals surface area (Å²) in [4.78, 5) is 21.9. The smallest absolute Gasteiger partial charge is 0.237 e. The van der Waals surface area contributed by atoms with Crippen molar-refractivity contribution in [2.75, 3.05) is 6.54 Å². The maximum Gasteiger partial charge on any atom is 0.237 e. The summed E-state index contributed by atoms with van der Waals surface area (Å²) >= 11 is 0. The number of hydrogen-bond donors (Lipinski definition) is 3. The average Bonchev–Trinajstić information content (AvgIpc) is 2.27. The van der Waals surface area contributed by atoms with E-state index in [4.69, 9.17) is 11.5 Å². The van der Waals surface area contributed by atoms with E-state index in [9.17, 15) is 9.59 Å². The van der Waals surface area contributed by atoms with Crippen LogP contribution in [0, 0.1) is 0 Å². The molecule has 2 amide bonds. The van der Waals surface area contributed by atoms with E-state index in [1.165, 1.54) is 0 Å². The highest BCUT2D eigenvalue weighted by molar-refractivity contribution is 5.86. The molecule has 0 spiro atoms. The van der Waals surface area contributed by atoms with Gasteiger partial charge in [0.25, 0.3) is 0 Å². The molecular formula is C11H15N3O2. The minimum absolute atomic E-state index is 0.179. The third-order valence-electron chi connectivity index (χ3n) is 2.07. The van der Waals surface area contributed by atoms with E-state index < -0.39 is 11.9 Å². The van der Waals surface area contributed by atoms with Crippen LogP contribution in [0.2, 0.25) is 0 Å². The molecule has 0 aliphatic heterocycles. The molecule has 1 aromatic rings. The summed E-state index contributed by atoms with van der Waals surface area (Å²) in [6.45, 7) is -0.179. The van der Waals surface area contributed by atoms with Gasteiger partial charge in [0.2, 0.25) is 11.8 Å². The molecule has 0 heterocycles. The fourth-order valence-electron chi connectivity index (χ4n) is 1.27. The first-order chi connectivity index (χ1) is 7.59. The van der Waals surface area contributed by atoms with Gasteiger partial charge in [0.1, 0.15) is 0 Å². The second-order valence-corrected chi connectivity index (χ2v) is 3.48. The van der Waals surface area contributed by atoms with Crippen molar-refractivity contribution < 1.29 is 9.59 Å². The number of carbonyl (C=O) groups is 2. The van der Waals surface area contributed by atoms with Crippen molar-refractivity contribution >= 4 is 11.8 Å². The van der Waals surface area contributed by atoms with Gasteiger partial charge < -0.3 is 16.8 Å². The van der Waals surface area contributed by atoms with E-state index in [0.717, 1.165) is 5.56 Å². The average molecular weight is 221 g/mol. The summed E-state index contributed by atoms with van der Waals surface area (Å²) in [5, 5.41) is 2.36. The molecule has 0 aliphatic carbocycles. The minimum Gasteiger partial charge on any atom is -0.368 e. The number of carbonyl (C=O) groups excluding carboxylic acids is 2. The lowest BCUT2D eigenvalue weighted by atomic mass is 10.1. The molecule has 0 fully saturated rings. The highest BCUT2D eigenvalue weighted by Gasteiger charge is 2.13. The predicted molar refractivity (Wildman–Crippen MR) is 60.3 cm³/mol. The molecular weight excluding hydrogens is 206 g/mol. The van der Waals surface area contributed by atoms with Crippen LogP contribution in [0.4, 0.5) is 0 Å². The molecule has 0 bridgehead atoms. The Hall–Kier alpha value is -1.88. The summed E-state index contributed by atoms with van der Waals surface area (Å²) in [7, 11) is 0. The van der Waals surface area contributed by atoms with Gasteiger partial charge in [0.15, 0.2) is 0 Å². The molecule has 5 N–H and O–H groups in total. The molecule has 0 saturated heterocycles. The highest BCUT2D eigenvalue weighted by Crippen LogP contribution is 2.01. The van der Waals surface area contributed by atoms with Crippen LogP contribution >= 0.6 is 0 Å². The number of rotatable bonds is 5. The lowest BCUT2D eigenvalue weighted by Gasteiger charge is -2.11. The minimum atomic E-state index is -0.665. The first-order valence-corrected chi connectivity index (χ1v) is 4.95. The van der Waals surface area contributed by atoms with Crippen molar-refractivity contribution in [1.29, 1.82) is 0 Å². The van der Waals surface area contributed by atoms with Crippen LogP contribution in [-0.4, -0.2) is 24.4 Å². The first kappa shape index (κ1) is 12.2. The second-order valence-electron chi connectivity index (χ2n) is 3.48. The molecule has 0 aromatic heterocycles. The summed E-state index contributed by atoms with van der Waals surface area (Å²) in [6, 6.07) is 8.76. The van der Waals surface area contributed by atoms with Gasteiger partial charge in [-0.25, -0.2) is 0 Å². The Morgan fingerprint density at radius 2 is 1.88 bits per heavy atom. The molecule has 1 rings (SSSR count). The molecule has 16 heavy (non-hydrogen) atoms. The number of nitrogens with one attached hydrogen (secondary N) is 1. The van der Waals surface area contributed by atoms with Crippen LogP contribution in [0.15, 0.2) is 30.3 Å². The van der Waals surface area contributed by atoms with Crippen molar-refractivity contribution in [1.82, 2.24) is 5.32 Å². The standard InChI is InChI=1S/C11H15N3O2/c12-9(11(16)14-7-10(13)15)6-8-4-2-1-3-5-8/h1-5,9H,6-7,12H2,(H2,13,15)(H,14,16)/t9-/m0/s1. The number of amides is 2. The lowest BCUT2D eigenvalue weighted by molar-refractivity contribution is -0.125. The number of hydrogen-bond acceptors (Lipinski definition) is 3. The monoisotopic (exact) mass is 221 g/mol. The first-order valence-electron chi connectivity index (χ1n) is 4.95. The summed E-state index contributed by atoms with van der Waals surface area (Å²) in [5.74, 6) is -0.956. The van der Waals surface area contributed by atoms with Crippen molar-refractivity contribution in [2.45, 2.75) is 12.5 Å². The third-order valence-corrected chi connectivity index (χ3v) is 2.07. The predicted octanol–water partition coefficient (Wildman–Crippen LogP) is -0.842. The van der Waals surface area contributed by atoms with Gasteiger partial charge in [0.05, 0.1) is 12.6 Å². The Balaban J connectivity index is 2.43. The van der Waals surface area contributed by atoms with Crippen molar-refractivity contribution in [3.05, 3.63) is 35.9 Å². The van der Waals surface area contributed by atoms with Crippen molar-refractivity contribution in [3.8, 4) is 0 Å².